The largest absolute Gasteiger partial charge is 0.423 e. The number of ether oxygens (including phenoxy) is 1. The first kappa shape index (κ1) is 24.6. The summed E-state index contributed by atoms with van der Waals surface area (Å²) in [5.74, 6) is 1.02. The summed E-state index contributed by atoms with van der Waals surface area (Å²) >= 11 is 11.9. The molecular weight excluding hydrogens is 469 g/mol. The molecule has 0 spiro atoms. The molecule has 0 radical (unpaired) electrons. The number of anilines is 2. The highest BCUT2D eigenvalue weighted by molar-refractivity contribution is 6.42. The summed E-state index contributed by atoms with van der Waals surface area (Å²) in [6.07, 6.45) is 1.40. The lowest BCUT2D eigenvalue weighted by molar-refractivity contribution is 0.158. The SMILES string of the molecule is COCc1nnc(CCNc2c(C=N)nc(NCc3ccc(Cl)c(Cl)c3)[nH]c2=O)o1.Cl. The molecule has 0 aliphatic heterocycles. The van der Waals surface area contributed by atoms with Crippen LogP contribution in [0.1, 0.15) is 23.0 Å². The van der Waals surface area contributed by atoms with Crippen LogP contribution in [0.2, 0.25) is 10.0 Å². The molecule has 3 aromatic rings. The summed E-state index contributed by atoms with van der Waals surface area (Å²) in [5, 5.41) is 22.2. The molecule has 0 atom stereocenters. The van der Waals surface area contributed by atoms with E-state index < -0.39 is 5.56 Å². The fourth-order valence-electron chi connectivity index (χ4n) is 2.55. The Morgan fingerprint density at radius 1 is 1.23 bits per heavy atom. The molecule has 10 nitrogen and oxygen atoms in total. The van der Waals surface area contributed by atoms with Crippen LogP contribution in [0.5, 0.6) is 0 Å². The molecule has 166 valence electrons. The summed E-state index contributed by atoms with van der Waals surface area (Å²) in [6, 6.07) is 5.22. The van der Waals surface area contributed by atoms with Crippen molar-refractivity contribution in [3.05, 3.63) is 61.6 Å². The van der Waals surface area contributed by atoms with Crippen LogP contribution < -0.4 is 16.2 Å². The van der Waals surface area contributed by atoms with Crippen LogP contribution in [0.15, 0.2) is 27.4 Å². The topological polar surface area (TPSA) is 142 Å². The van der Waals surface area contributed by atoms with Gasteiger partial charge in [-0.1, -0.05) is 29.3 Å². The molecule has 0 saturated carbocycles. The van der Waals surface area contributed by atoms with Crippen molar-refractivity contribution in [1.82, 2.24) is 20.2 Å². The molecule has 1 aromatic carbocycles. The molecule has 0 aliphatic rings. The van der Waals surface area contributed by atoms with E-state index in [4.69, 9.17) is 37.8 Å². The molecule has 31 heavy (non-hydrogen) atoms. The second-order valence-electron chi connectivity index (χ2n) is 6.12. The highest BCUT2D eigenvalue weighted by Crippen LogP contribution is 2.22. The van der Waals surface area contributed by atoms with Crippen molar-refractivity contribution in [2.75, 3.05) is 24.3 Å². The zero-order valence-corrected chi connectivity index (χ0v) is 18.7. The Hall–Kier alpha value is -2.66. The molecule has 2 heterocycles. The van der Waals surface area contributed by atoms with Gasteiger partial charge < -0.3 is 25.2 Å². The third-order valence-corrected chi connectivity index (χ3v) is 4.68. The minimum absolute atomic E-state index is 0. The first-order valence-corrected chi connectivity index (χ1v) is 9.62. The van der Waals surface area contributed by atoms with Gasteiger partial charge in [-0.2, -0.15) is 0 Å². The van der Waals surface area contributed by atoms with E-state index in [9.17, 15) is 4.79 Å². The minimum Gasteiger partial charge on any atom is -0.423 e. The quantitative estimate of drug-likeness (QED) is 0.318. The molecule has 0 bridgehead atoms. The van der Waals surface area contributed by atoms with Crippen molar-refractivity contribution in [2.24, 2.45) is 0 Å². The summed E-state index contributed by atoms with van der Waals surface area (Å²) in [5.41, 5.74) is 0.825. The van der Waals surface area contributed by atoms with Crippen LogP contribution in [0.4, 0.5) is 11.6 Å². The molecule has 0 fully saturated rings. The first-order valence-electron chi connectivity index (χ1n) is 8.86. The van der Waals surface area contributed by atoms with Gasteiger partial charge >= 0.3 is 0 Å². The lowest BCUT2D eigenvalue weighted by Gasteiger charge is -2.10. The van der Waals surface area contributed by atoms with Gasteiger partial charge in [-0.25, -0.2) is 4.98 Å². The Balaban J connectivity index is 0.00000341. The molecule has 0 amide bonds. The maximum absolute atomic E-state index is 12.5. The molecule has 0 unspecified atom stereocenters. The van der Waals surface area contributed by atoms with Gasteiger partial charge in [0.15, 0.2) is 0 Å². The summed E-state index contributed by atoms with van der Waals surface area (Å²) in [7, 11) is 1.53. The van der Waals surface area contributed by atoms with E-state index in [1.807, 2.05) is 6.07 Å². The number of aromatic amines is 1. The van der Waals surface area contributed by atoms with Crippen LogP contribution in [-0.4, -0.2) is 40.0 Å². The van der Waals surface area contributed by atoms with Gasteiger partial charge in [-0.15, -0.1) is 22.6 Å². The van der Waals surface area contributed by atoms with Crippen molar-refractivity contribution in [2.45, 2.75) is 19.6 Å². The molecule has 0 aliphatic carbocycles. The predicted molar refractivity (Wildman–Crippen MR) is 121 cm³/mol. The Bertz CT molecular complexity index is 1090. The van der Waals surface area contributed by atoms with Gasteiger partial charge in [-0.3, -0.25) is 9.78 Å². The molecule has 3 rings (SSSR count). The van der Waals surface area contributed by atoms with Crippen LogP contribution in [0.3, 0.4) is 0 Å². The molecular formula is C18H20Cl3N7O3. The first-order chi connectivity index (χ1) is 14.5. The third-order valence-electron chi connectivity index (χ3n) is 3.95. The highest BCUT2D eigenvalue weighted by Gasteiger charge is 2.11. The van der Waals surface area contributed by atoms with E-state index >= 15 is 0 Å². The lowest BCUT2D eigenvalue weighted by Crippen LogP contribution is -2.21. The van der Waals surface area contributed by atoms with Crippen molar-refractivity contribution in [3.8, 4) is 0 Å². The Kier molecular flexibility index (Phi) is 9.25. The zero-order valence-electron chi connectivity index (χ0n) is 16.4. The molecule has 2 aromatic heterocycles. The number of nitrogens with one attached hydrogen (secondary N) is 4. The number of benzene rings is 1. The number of hydrogen-bond acceptors (Lipinski definition) is 9. The van der Waals surface area contributed by atoms with Crippen molar-refractivity contribution >= 4 is 53.5 Å². The maximum Gasteiger partial charge on any atom is 0.276 e. The highest BCUT2D eigenvalue weighted by atomic mass is 35.5. The van der Waals surface area contributed by atoms with Gasteiger partial charge in [0.1, 0.15) is 18.0 Å². The summed E-state index contributed by atoms with van der Waals surface area (Å²) in [4.78, 5) is 19.4. The monoisotopic (exact) mass is 487 g/mol. The number of aromatic nitrogens is 4. The number of halogens is 3. The van der Waals surface area contributed by atoms with Crippen molar-refractivity contribution in [3.63, 3.8) is 0 Å². The standard InChI is InChI=1S/C18H19Cl2N7O3.ClH/c1-29-9-15-27-26-14(30-15)4-5-22-16-13(7-21)24-18(25-17(16)28)23-8-10-2-3-11(19)12(20)6-10;/h2-3,6-7,21-22H,4-5,8-9H2,1H3,(H2,23,24,25,28);1H. The number of methoxy groups -OCH3 is 1. The van der Waals surface area contributed by atoms with E-state index in [2.05, 4.69) is 30.8 Å². The fourth-order valence-corrected chi connectivity index (χ4v) is 2.87. The lowest BCUT2D eigenvalue weighted by atomic mass is 10.2. The number of nitrogens with zero attached hydrogens (tertiary/aromatic N) is 3. The normalized spacial score (nSPS) is 10.4. The fraction of sp³-hybridized carbons (Fsp3) is 0.278. The van der Waals surface area contributed by atoms with E-state index in [0.29, 0.717) is 41.3 Å². The van der Waals surface area contributed by atoms with Gasteiger partial charge in [-0.05, 0) is 17.7 Å². The van der Waals surface area contributed by atoms with Crippen LogP contribution in [0.25, 0.3) is 0 Å². The Labute approximate surface area is 193 Å². The van der Waals surface area contributed by atoms with Gasteiger partial charge in [0.2, 0.25) is 17.7 Å². The predicted octanol–water partition coefficient (Wildman–Crippen LogP) is 3.29. The average molecular weight is 489 g/mol. The van der Waals surface area contributed by atoms with Gasteiger partial charge in [0, 0.05) is 32.8 Å². The van der Waals surface area contributed by atoms with E-state index in [0.717, 1.165) is 11.8 Å². The number of rotatable bonds is 10. The van der Waals surface area contributed by atoms with E-state index in [1.165, 1.54) is 7.11 Å². The van der Waals surface area contributed by atoms with E-state index in [1.54, 1.807) is 12.1 Å². The maximum atomic E-state index is 12.5. The second-order valence-corrected chi connectivity index (χ2v) is 6.93. The third kappa shape index (κ3) is 6.66. The molecule has 4 N–H and O–H groups in total. The van der Waals surface area contributed by atoms with Crippen molar-refractivity contribution < 1.29 is 9.15 Å². The average Bonchev–Trinajstić information content (AvgIpc) is 3.17. The Morgan fingerprint density at radius 2 is 2.00 bits per heavy atom. The van der Waals surface area contributed by atoms with Crippen LogP contribution in [-0.2, 0) is 24.3 Å². The van der Waals surface area contributed by atoms with Gasteiger partial charge in [0.25, 0.3) is 5.56 Å². The number of H-pyrrole nitrogens is 1. The van der Waals surface area contributed by atoms with Gasteiger partial charge in [0.05, 0.1) is 10.0 Å². The number of hydrogen-bond donors (Lipinski definition) is 4. The minimum atomic E-state index is -0.411. The zero-order chi connectivity index (χ0) is 21.5. The summed E-state index contributed by atoms with van der Waals surface area (Å²) < 4.78 is 10.3. The smallest absolute Gasteiger partial charge is 0.276 e. The second kappa shape index (κ2) is 11.7. The van der Waals surface area contributed by atoms with Crippen LogP contribution >= 0.6 is 35.6 Å². The molecule has 13 heteroatoms. The summed E-state index contributed by atoms with van der Waals surface area (Å²) in [6.45, 7) is 0.944. The van der Waals surface area contributed by atoms with Crippen molar-refractivity contribution in [1.29, 1.82) is 5.41 Å². The Morgan fingerprint density at radius 3 is 2.71 bits per heavy atom. The van der Waals surface area contributed by atoms with E-state index in [-0.39, 0.29) is 36.3 Å². The van der Waals surface area contributed by atoms with Crippen LogP contribution in [0, 0.1) is 5.41 Å². The molecule has 0 saturated heterocycles.